The minimum atomic E-state index is -4.83. The summed E-state index contributed by atoms with van der Waals surface area (Å²) in [6.07, 6.45) is -10.5. The van der Waals surface area contributed by atoms with Crippen LogP contribution in [0.25, 0.3) is 0 Å². The molecule has 0 N–H and O–H groups in total. The lowest BCUT2D eigenvalue weighted by Crippen LogP contribution is -2.13. The number of alkyl halides is 6. The molecular formula is C11H11BF6O. The zero-order chi connectivity index (χ0) is 14.8. The largest absolute Gasteiger partial charge is 0.416 e. The maximum atomic E-state index is 12.6. The lowest BCUT2D eigenvalue weighted by molar-refractivity contribution is -0.143. The zero-order valence-electron chi connectivity index (χ0n) is 10.2. The molecule has 0 fully saturated rings. The third-order valence-corrected chi connectivity index (χ3v) is 2.50. The van der Waals surface area contributed by atoms with Gasteiger partial charge in [0.1, 0.15) is 7.85 Å². The minimum absolute atomic E-state index is 0.0994. The lowest BCUT2D eigenvalue weighted by Gasteiger charge is -2.17. The Morgan fingerprint density at radius 2 is 1.42 bits per heavy atom. The molecule has 0 unspecified atom stereocenters. The first-order valence-electron chi connectivity index (χ1n) is 5.46. The third kappa shape index (κ3) is 4.16. The fourth-order valence-electron chi connectivity index (χ4n) is 1.56. The summed E-state index contributed by atoms with van der Waals surface area (Å²) in [6.45, 7) is 1.60. The normalized spacial score (nSPS) is 14.5. The zero-order valence-corrected chi connectivity index (χ0v) is 10.2. The first-order chi connectivity index (χ1) is 8.55. The molecule has 1 nitrogen and oxygen atoms in total. The van der Waals surface area contributed by atoms with E-state index in [0.29, 0.717) is 12.1 Å². The fraction of sp³-hybridized carbons (Fsp3) is 0.455. The molecule has 0 spiro atoms. The van der Waals surface area contributed by atoms with Gasteiger partial charge in [0.05, 0.1) is 17.2 Å². The summed E-state index contributed by atoms with van der Waals surface area (Å²) in [5, 5.41) is 0. The minimum Gasteiger partial charge on any atom is -0.383 e. The number of benzene rings is 1. The van der Waals surface area contributed by atoms with Crippen LogP contribution in [0.1, 0.15) is 29.7 Å². The number of halogens is 6. The second-order valence-electron chi connectivity index (χ2n) is 3.94. The molecule has 1 aromatic rings. The summed E-state index contributed by atoms with van der Waals surface area (Å²) in [5.74, 6) is 0. The summed E-state index contributed by atoms with van der Waals surface area (Å²) in [6, 6.07) is 1.45. The van der Waals surface area contributed by atoms with Gasteiger partial charge in [-0.2, -0.15) is 26.3 Å². The van der Waals surface area contributed by atoms with Crippen LogP contribution in [0.4, 0.5) is 26.3 Å². The molecule has 19 heavy (non-hydrogen) atoms. The van der Waals surface area contributed by atoms with E-state index >= 15 is 0 Å². The summed E-state index contributed by atoms with van der Waals surface area (Å²) in [4.78, 5) is 0. The van der Waals surface area contributed by atoms with Gasteiger partial charge in [-0.1, -0.05) is 0 Å². The highest BCUT2D eigenvalue weighted by Gasteiger charge is 2.37. The highest BCUT2D eigenvalue weighted by atomic mass is 19.4. The monoisotopic (exact) mass is 284 g/mol. The molecule has 0 aromatic heterocycles. The van der Waals surface area contributed by atoms with Crippen LogP contribution >= 0.6 is 0 Å². The molecule has 8 heteroatoms. The Balaban J connectivity index is 3.33. The average molecular weight is 284 g/mol. The predicted molar refractivity (Wildman–Crippen MR) is 59.4 cm³/mol. The van der Waals surface area contributed by atoms with Crippen LogP contribution in [0.5, 0.6) is 0 Å². The molecule has 1 rings (SSSR count). The van der Waals surface area contributed by atoms with E-state index in [4.69, 9.17) is 4.74 Å². The molecular weight excluding hydrogens is 273 g/mol. The number of rotatable bonds is 3. The molecule has 1 atom stereocenters. The van der Waals surface area contributed by atoms with E-state index in [9.17, 15) is 26.3 Å². The summed E-state index contributed by atoms with van der Waals surface area (Å²) in [7, 11) is 1.61. The Kier molecular flexibility index (Phi) is 4.55. The molecule has 0 aliphatic heterocycles. The Morgan fingerprint density at radius 1 is 1.00 bits per heavy atom. The molecule has 0 bridgehead atoms. The predicted octanol–water partition coefficient (Wildman–Crippen LogP) is 3.39. The van der Waals surface area contributed by atoms with Crippen LogP contribution in [0.3, 0.4) is 0 Å². The van der Waals surface area contributed by atoms with Gasteiger partial charge in [0.25, 0.3) is 0 Å². The van der Waals surface area contributed by atoms with Crippen molar-refractivity contribution in [2.24, 2.45) is 0 Å². The van der Waals surface area contributed by atoms with Crippen molar-refractivity contribution < 1.29 is 31.1 Å². The first kappa shape index (κ1) is 15.9. The van der Waals surface area contributed by atoms with Crippen molar-refractivity contribution in [2.75, 3.05) is 6.51 Å². The summed E-state index contributed by atoms with van der Waals surface area (Å²) in [5.41, 5.74) is -2.81. The van der Waals surface area contributed by atoms with Crippen molar-refractivity contribution in [1.82, 2.24) is 0 Å². The Hall–Kier alpha value is -1.18. The van der Waals surface area contributed by atoms with Gasteiger partial charge in [-0.15, -0.1) is 0 Å². The molecule has 0 heterocycles. The van der Waals surface area contributed by atoms with E-state index in [2.05, 4.69) is 0 Å². The van der Waals surface area contributed by atoms with Gasteiger partial charge in [-0.3, -0.25) is 0 Å². The van der Waals surface area contributed by atoms with Crippen molar-refractivity contribution in [2.45, 2.75) is 25.4 Å². The van der Waals surface area contributed by atoms with E-state index in [1.165, 1.54) is 6.92 Å². The van der Waals surface area contributed by atoms with Crippen LogP contribution in [0.15, 0.2) is 18.2 Å². The lowest BCUT2D eigenvalue weighted by atomic mass is 10.0. The molecule has 0 aliphatic rings. The average Bonchev–Trinajstić information content (AvgIpc) is 2.26. The van der Waals surface area contributed by atoms with Crippen molar-refractivity contribution >= 4 is 7.85 Å². The quantitative estimate of drug-likeness (QED) is 0.610. The van der Waals surface area contributed by atoms with Gasteiger partial charge in [-0.25, -0.2) is 0 Å². The van der Waals surface area contributed by atoms with Crippen molar-refractivity contribution in [1.29, 1.82) is 0 Å². The maximum Gasteiger partial charge on any atom is 0.416 e. The van der Waals surface area contributed by atoms with E-state index in [1.54, 1.807) is 7.85 Å². The Labute approximate surface area is 107 Å². The van der Waals surface area contributed by atoms with Gasteiger partial charge in [-0.05, 0) is 30.7 Å². The Morgan fingerprint density at radius 3 is 1.74 bits per heavy atom. The first-order valence-corrected chi connectivity index (χ1v) is 5.46. The van der Waals surface area contributed by atoms with Crippen LogP contribution in [-0.4, -0.2) is 14.4 Å². The Bertz CT molecular complexity index is 408. The summed E-state index contributed by atoms with van der Waals surface area (Å²) >= 11 is 0. The fourth-order valence-corrected chi connectivity index (χ4v) is 1.56. The van der Waals surface area contributed by atoms with E-state index in [0.717, 1.165) is 0 Å². The van der Waals surface area contributed by atoms with Gasteiger partial charge in [0.15, 0.2) is 0 Å². The highest BCUT2D eigenvalue weighted by Crippen LogP contribution is 2.37. The second-order valence-corrected chi connectivity index (χ2v) is 3.94. The van der Waals surface area contributed by atoms with Crippen LogP contribution in [0.2, 0.25) is 0 Å². The van der Waals surface area contributed by atoms with Crippen LogP contribution in [0, 0.1) is 0 Å². The number of hydrogen-bond acceptors (Lipinski definition) is 1. The van der Waals surface area contributed by atoms with Gasteiger partial charge in [0, 0.05) is 6.51 Å². The molecule has 0 saturated heterocycles. The topological polar surface area (TPSA) is 9.23 Å². The molecule has 0 radical (unpaired) electrons. The molecule has 0 saturated carbocycles. The molecule has 0 amide bonds. The van der Waals surface area contributed by atoms with Crippen molar-refractivity contribution in [3.8, 4) is 0 Å². The van der Waals surface area contributed by atoms with Gasteiger partial charge >= 0.3 is 12.4 Å². The maximum absolute atomic E-state index is 12.6. The standard InChI is InChI=1S/C11H11BF6O/c1-6(19-5-12)7-2-8(10(13,14)15)4-9(3-7)11(16,17)18/h2-4,6H,5,12H2,1H3/t6-/m1/s1. The molecule has 1 aromatic carbocycles. The van der Waals surface area contributed by atoms with Crippen LogP contribution < -0.4 is 0 Å². The third-order valence-electron chi connectivity index (χ3n) is 2.50. The molecule has 0 aliphatic carbocycles. The highest BCUT2D eigenvalue weighted by molar-refractivity contribution is 6.08. The SMILES string of the molecule is BCO[C@H](C)c1cc(C(F)(F)F)cc(C(F)(F)F)c1. The summed E-state index contributed by atoms with van der Waals surface area (Å²) < 4.78 is 80.5. The van der Waals surface area contributed by atoms with Gasteiger partial charge in [0.2, 0.25) is 0 Å². The van der Waals surface area contributed by atoms with Gasteiger partial charge < -0.3 is 4.74 Å². The molecule has 106 valence electrons. The number of ether oxygens (including phenoxy) is 1. The van der Waals surface area contributed by atoms with Crippen LogP contribution in [-0.2, 0) is 17.1 Å². The van der Waals surface area contributed by atoms with Crippen molar-refractivity contribution in [3.05, 3.63) is 34.9 Å². The second kappa shape index (κ2) is 5.44. The smallest absolute Gasteiger partial charge is 0.383 e. The van der Waals surface area contributed by atoms with Crippen molar-refractivity contribution in [3.63, 3.8) is 0 Å². The number of hydrogen-bond donors (Lipinski definition) is 0. The van der Waals surface area contributed by atoms with E-state index in [1.807, 2.05) is 0 Å². The van der Waals surface area contributed by atoms with E-state index < -0.39 is 29.6 Å². The van der Waals surface area contributed by atoms with E-state index in [-0.39, 0.29) is 18.1 Å².